The Bertz CT molecular complexity index is 983. The number of pyridine rings is 1. The number of nitrogens with zero attached hydrogens (tertiary/aromatic N) is 1. The third kappa shape index (κ3) is 4.11. The van der Waals surface area contributed by atoms with Gasteiger partial charge in [-0.1, -0.05) is 39.7 Å². The Balaban J connectivity index is 1.80. The van der Waals surface area contributed by atoms with Crippen molar-refractivity contribution in [2.24, 2.45) is 0 Å². The van der Waals surface area contributed by atoms with E-state index in [0.29, 0.717) is 10.4 Å². The van der Waals surface area contributed by atoms with Gasteiger partial charge in [-0.15, -0.1) is 0 Å². The number of benzene rings is 2. The molecule has 0 unspecified atom stereocenters. The molecule has 0 spiro atoms. The van der Waals surface area contributed by atoms with Gasteiger partial charge in [0.15, 0.2) is 5.43 Å². The summed E-state index contributed by atoms with van der Waals surface area (Å²) in [6, 6.07) is 14.1. The Hall–Kier alpha value is -2.11. The van der Waals surface area contributed by atoms with Crippen LogP contribution in [0, 0.1) is 0 Å². The van der Waals surface area contributed by atoms with Crippen molar-refractivity contribution in [3.8, 4) is 0 Å². The molecule has 0 radical (unpaired) electrons. The monoisotopic (exact) mass is 418 g/mol. The minimum Gasteiger partial charge on any atom is -0.348 e. The summed E-state index contributed by atoms with van der Waals surface area (Å²) in [5, 5.41) is 4.21. The summed E-state index contributed by atoms with van der Waals surface area (Å²) in [6.45, 7) is 2.05. The van der Waals surface area contributed by atoms with Crippen LogP contribution >= 0.6 is 27.5 Å². The van der Waals surface area contributed by atoms with Gasteiger partial charge in [-0.2, -0.15) is 0 Å². The summed E-state index contributed by atoms with van der Waals surface area (Å²) in [5.41, 5.74) is 1.63. The first-order valence-electron chi connectivity index (χ1n) is 7.77. The SMILES string of the molecule is C[C@H](NC(=O)Cn1ccc(=O)c2ccc(Br)cc21)c1ccc(Cl)cc1. The molecule has 3 rings (SSSR count). The summed E-state index contributed by atoms with van der Waals surface area (Å²) in [6.07, 6.45) is 1.64. The minimum absolute atomic E-state index is 0.0614. The standard InChI is InChI=1S/C19H16BrClN2O2/c1-12(13-2-5-15(21)6-3-13)22-19(25)11-23-9-8-18(24)16-7-4-14(20)10-17(16)23/h2-10,12H,11H2,1H3,(H,22,25)/t12-/m0/s1. The van der Waals surface area contributed by atoms with Gasteiger partial charge in [-0.05, 0) is 42.8 Å². The van der Waals surface area contributed by atoms with Crippen LogP contribution in [0.2, 0.25) is 5.02 Å². The van der Waals surface area contributed by atoms with E-state index in [1.165, 1.54) is 6.07 Å². The number of halogens is 2. The molecule has 6 heteroatoms. The molecule has 0 saturated heterocycles. The van der Waals surface area contributed by atoms with E-state index in [0.717, 1.165) is 15.6 Å². The number of hydrogen-bond donors (Lipinski definition) is 1. The van der Waals surface area contributed by atoms with E-state index in [2.05, 4.69) is 21.2 Å². The van der Waals surface area contributed by atoms with E-state index >= 15 is 0 Å². The zero-order valence-electron chi connectivity index (χ0n) is 13.5. The molecule has 2 aromatic carbocycles. The lowest BCUT2D eigenvalue weighted by Gasteiger charge is -2.16. The summed E-state index contributed by atoms with van der Waals surface area (Å²) >= 11 is 9.30. The van der Waals surface area contributed by atoms with E-state index < -0.39 is 0 Å². The van der Waals surface area contributed by atoms with Gasteiger partial charge in [0.05, 0.1) is 11.6 Å². The molecule has 4 nitrogen and oxygen atoms in total. The zero-order valence-corrected chi connectivity index (χ0v) is 15.8. The second kappa shape index (κ2) is 7.42. The number of nitrogens with one attached hydrogen (secondary N) is 1. The Morgan fingerprint density at radius 2 is 1.92 bits per heavy atom. The van der Waals surface area contributed by atoms with Crippen LogP contribution in [0.5, 0.6) is 0 Å². The van der Waals surface area contributed by atoms with Crippen molar-refractivity contribution >= 4 is 44.3 Å². The fourth-order valence-corrected chi connectivity index (χ4v) is 3.17. The molecular weight excluding hydrogens is 404 g/mol. The molecule has 25 heavy (non-hydrogen) atoms. The highest BCUT2D eigenvalue weighted by molar-refractivity contribution is 9.10. The minimum atomic E-state index is -0.137. The maximum Gasteiger partial charge on any atom is 0.240 e. The molecule has 0 bridgehead atoms. The molecule has 128 valence electrons. The first kappa shape index (κ1) is 17.7. The van der Waals surface area contributed by atoms with Gasteiger partial charge in [0.1, 0.15) is 6.54 Å². The molecule has 0 fully saturated rings. The largest absolute Gasteiger partial charge is 0.348 e. The van der Waals surface area contributed by atoms with E-state index in [1.54, 1.807) is 29.0 Å². The van der Waals surface area contributed by atoms with Crippen molar-refractivity contribution < 1.29 is 4.79 Å². The number of aromatic nitrogens is 1. The van der Waals surface area contributed by atoms with Gasteiger partial charge < -0.3 is 9.88 Å². The molecule has 1 atom stereocenters. The molecule has 0 aliphatic carbocycles. The van der Waals surface area contributed by atoms with Crippen LogP contribution in [0.15, 0.2) is 64.0 Å². The quantitative estimate of drug-likeness (QED) is 0.686. The topological polar surface area (TPSA) is 51.1 Å². The molecule has 0 saturated carbocycles. The van der Waals surface area contributed by atoms with Crippen LogP contribution in [0.25, 0.3) is 10.9 Å². The lowest BCUT2D eigenvalue weighted by atomic mass is 10.1. The number of amides is 1. The Morgan fingerprint density at radius 1 is 1.20 bits per heavy atom. The lowest BCUT2D eigenvalue weighted by molar-refractivity contribution is -0.122. The highest BCUT2D eigenvalue weighted by Gasteiger charge is 2.11. The van der Waals surface area contributed by atoms with Gasteiger partial charge in [0, 0.05) is 27.1 Å². The molecule has 1 aromatic heterocycles. The second-order valence-corrected chi connectivity index (χ2v) is 7.16. The van der Waals surface area contributed by atoms with Crippen molar-refractivity contribution in [2.45, 2.75) is 19.5 Å². The maximum atomic E-state index is 12.4. The lowest BCUT2D eigenvalue weighted by Crippen LogP contribution is -2.30. The number of fused-ring (bicyclic) bond motifs is 1. The number of hydrogen-bond acceptors (Lipinski definition) is 2. The summed E-state index contributed by atoms with van der Waals surface area (Å²) in [4.78, 5) is 24.4. The van der Waals surface area contributed by atoms with Crippen molar-refractivity contribution in [1.82, 2.24) is 9.88 Å². The first-order chi connectivity index (χ1) is 11.9. The van der Waals surface area contributed by atoms with E-state index in [-0.39, 0.29) is 23.9 Å². The maximum absolute atomic E-state index is 12.4. The predicted octanol–water partition coefficient (Wildman–Crippen LogP) is 4.29. The normalized spacial score (nSPS) is 12.1. The van der Waals surface area contributed by atoms with Crippen LogP contribution in [-0.4, -0.2) is 10.5 Å². The molecule has 1 N–H and O–H groups in total. The molecule has 1 amide bonds. The van der Waals surface area contributed by atoms with Crippen LogP contribution in [0.3, 0.4) is 0 Å². The highest BCUT2D eigenvalue weighted by Crippen LogP contribution is 2.18. The summed E-state index contributed by atoms with van der Waals surface area (Å²) in [5.74, 6) is -0.132. The fourth-order valence-electron chi connectivity index (χ4n) is 2.69. The predicted molar refractivity (Wildman–Crippen MR) is 104 cm³/mol. The van der Waals surface area contributed by atoms with Crippen molar-refractivity contribution in [3.05, 3.63) is 80.0 Å². The van der Waals surface area contributed by atoms with Crippen molar-refractivity contribution in [1.29, 1.82) is 0 Å². The second-order valence-electron chi connectivity index (χ2n) is 5.81. The van der Waals surface area contributed by atoms with E-state index in [4.69, 9.17) is 11.6 Å². The Kier molecular flexibility index (Phi) is 5.25. The number of carbonyl (C=O) groups is 1. The van der Waals surface area contributed by atoms with Gasteiger partial charge in [0.2, 0.25) is 5.91 Å². The molecule has 1 heterocycles. The van der Waals surface area contributed by atoms with Crippen LogP contribution in [0.4, 0.5) is 0 Å². The molecule has 3 aromatic rings. The molecule has 0 aliphatic heterocycles. The molecule has 0 aliphatic rings. The van der Waals surface area contributed by atoms with E-state index in [1.807, 2.05) is 31.2 Å². The van der Waals surface area contributed by atoms with Crippen LogP contribution in [0.1, 0.15) is 18.5 Å². The average molecular weight is 420 g/mol. The van der Waals surface area contributed by atoms with E-state index in [9.17, 15) is 9.59 Å². The number of carbonyl (C=O) groups excluding carboxylic acids is 1. The summed E-state index contributed by atoms with van der Waals surface area (Å²) < 4.78 is 2.63. The third-order valence-corrected chi connectivity index (χ3v) is 4.75. The van der Waals surface area contributed by atoms with Crippen molar-refractivity contribution in [2.75, 3.05) is 0 Å². The van der Waals surface area contributed by atoms with Gasteiger partial charge >= 0.3 is 0 Å². The Labute approximate surface area is 158 Å². The average Bonchev–Trinajstić information content (AvgIpc) is 2.58. The third-order valence-electron chi connectivity index (χ3n) is 4.00. The van der Waals surface area contributed by atoms with Gasteiger partial charge in [-0.25, -0.2) is 0 Å². The smallest absolute Gasteiger partial charge is 0.240 e. The Morgan fingerprint density at radius 3 is 2.64 bits per heavy atom. The number of rotatable bonds is 4. The van der Waals surface area contributed by atoms with Gasteiger partial charge in [-0.3, -0.25) is 9.59 Å². The van der Waals surface area contributed by atoms with Crippen molar-refractivity contribution in [3.63, 3.8) is 0 Å². The van der Waals surface area contributed by atoms with Crippen LogP contribution in [-0.2, 0) is 11.3 Å². The first-order valence-corrected chi connectivity index (χ1v) is 8.94. The van der Waals surface area contributed by atoms with Crippen LogP contribution < -0.4 is 10.7 Å². The highest BCUT2D eigenvalue weighted by atomic mass is 79.9. The van der Waals surface area contributed by atoms with Gasteiger partial charge in [0.25, 0.3) is 0 Å². The molecular formula is C19H16BrClN2O2. The zero-order chi connectivity index (χ0) is 18.0. The summed E-state index contributed by atoms with van der Waals surface area (Å²) in [7, 11) is 0. The fraction of sp³-hybridized carbons (Fsp3) is 0.158.